The Labute approximate surface area is 74.6 Å². The molecule has 4 heteroatoms. The Hall–Kier alpha value is -0.453. The minimum atomic E-state index is -2.60. The molecular weight excluding hydrogens is 172 g/mol. The molecule has 0 radical (unpaired) electrons. The summed E-state index contributed by atoms with van der Waals surface area (Å²) in [5, 5.41) is -0.0886. The van der Waals surface area contributed by atoms with Gasteiger partial charge in [-0.1, -0.05) is 19.9 Å². The van der Waals surface area contributed by atoms with Gasteiger partial charge in [0.2, 0.25) is 0 Å². The van der Waals surface area contributed by atoms with Crippen LogP contribution in [0.5, 0.6) is 0 Å². The number of allylic oxidation sites excluding steroid dienone is 1. The molecule has 0 aliphatic rings. The zero-order chi connectivity index (χ0) is 9.61. The van der Waals surface area contributed by atoms with E-state index < -0.39 is 8.56 Å². The summed E-state index contributed by atoms with van der Waals surface area (Å²) >= 11 is 0. The minimum Gasteiger partial charge on any atom is -0.393 e. The Morgan fingerprint density at radius 1 is 1.50 bits per heavy atom. The van der Waals surface area contributed by atoms with Crippen LogP contribution in [0, 0.1) is 0 Å². The number of hydrogen-bond donors (Lipinski definition) is 0. The smallest absolute Gasteiger partial charge is 0.393 e. The highest BCUT2D eigenvalue weighted by Crippen LogP contribution is 2.15. The summed E-state index contributed by atoms with van der Waals surface area (Å²) in [6.07, 6.45) is 2.17. The molecule has 0 heterocycles. The molecule has 0 spiro atoms. The van der Waals surface area contributed by atoms with Gasteiger partial charge in [-0.2, -0.15) is 0 Å². The van der Waals surface area contributed by atoms with E-state index in [2.05, 4.69) is 6.58 Å². The molecule has 12 heavy (non-hydrogen) atoms. The van der Waals surface area contributed by atoms with Crippen LogP contribution >= 0.6 is 0 Å². The lowest BCUT2D eigenvalue weighted by atomic mass is 10.6. The van der Waals surface area contributed by atoms with E-state index in [1.165, 1.54) is 20.3 Å². The Morgan fingerprint density at radius 3 is 2.25 bits per heavy atom. The number of rotatable bonds is 6. The summed E-state index contributed by atoms with van der Waals surface area (Å²) in [5.74, 6) is 0. The van der Waals surface area contributed by atoms with Gasteiger partial charge in [0.25, 0.3) is 0 Å². The zero-order valence-electron chi connectivity index (χ0n) is 7.92. The molecule has 70 valence electrons. The highest BCUT2D eigenvalue weighted by Gasteiger charge is 2.41. The minimum absolute atomic E-state index is 0.0886. The molecule has 0 aliphatic carbocycles. The number of hydrogen-bond acceptors (Lipinski definition) is 3. The summed E-state index contributed by atoms with van der Waals surface area (Å²) < 4.78 is 10.4. The molecule has 0 saturated heterocycles. The maximum Gasteiger partial charge on any atom is 0.414 e. The topological polar surface area (TPSA) is 35.5 Å². The lowest BCUT2D eigenvalue weighted by Crippen LogP contribution is -2.48. The highest BCUT2D eigenvalue weighted by atomic mass is 28.4. The van der Waals surface area contributed by atoms with E-state index in [1.54, 1.807) is 0 Å². The van der Waals surface area contributed by atoms with Crippen LogP contribution in [0.4, 0.5) is 0 Å². The zero-order valence-corrected chi connectivity index (χ0v) is 8.92. The fourth-order valence-corrected chi connectivity index (χ4v) is 3.29. The molecule has 0 atom stereocenters. The Bertz CT molecular complexity index is 164. The van der Waals surface area contributed by atoms with Gasteiger partial charge >= 0.3 is 8.56 Å². The van der Waals surface area contributed by atoms with Gasteiger partial charge in [0, 0.05) is 14.2 Å². The molecule has 0 bridgehead atoms. The van der Waals surface area contributed by atoms with Crippen molar-refractivity contribution in [3.05, 3.63) is 12.7 Å². The molecular formula is C8H16O3Si. The molecule has 3 nitrogen and oxygen atoms in total. The highest BCUT2D eigenvalue weighted by molar-refractivity contribution is 6.98. The maximum atomic E-state index is 11.4. The molecule has 0 unspecified atom stereocenters. The second-order valence-corrected chi connectivity index (χ2v) is 5.79. The first-order valence-electron chi connectivity index (χ1n) is 3.94. The number of carbonyl (C=O) groups is 1. The monoisotopic (exact) mass is 188 g/mol. The molecule has 0 N–H and O–H groups in total. The van der Waals surface area contributed by atoms with Crippen LogP contribution in [0.25, 0.3) is 0 Å². The largest absolute Gasteiger partial charge is 0.414 e. The quantitative estimate of drug-likeness (QED) is 0.467. The van der Waals surface area contributed by atoms with E-state index in [4.69, 9.17) is 8.85 Å². The van der Waals surface area contributed by atoms with Gasteiger partial charge in [0.1, 0.15) is 0 Å². The fraction of sp³-hybridized carbons (Fsp3) is 0.625. The van der Waals surface area contributed by atoms with E-state index in [-0.39, 0.29) is 5.41 Å². The van der Waals surface area contributed by atoms with E-state index in [9.17, 15) is 4.79 Å². The van der Waals surface area contributed by atoms with Crippen molar-refractivity contribution < 1.29 is 13.6 Å². The van der Waals surface area contributed by atoms with E-state index in [0.717, 1.165) is 6.42 Å². The van der Waals surface area contributed by atoms with Gasteiger partial charge in [-0.15, -0.1) is 0 Å². The predicted molar refractivity (Wildman–Crippen MR) is 50.1 cm³/mol. The third-order valence-corrected chi connectivity index (χ3v) is 5.23. The standard InChI is InChI=1S/C8H16O3Si/c1-5-7-12(10-3,11-4)8(9)6-2/h6H,2,5,7H2,1,3-4H3. The Morgan fingerprint density at radius 2 is 2.00 bits per heavy atom. The van der Waals surface area contributed by atoms with Crippen molar-refractivity contribution in [3.8, 4) is 0 Å². The van der Waals surface area contributed by atoms with Crippen molar-refractivity contribution in [3.63, 3.8) is 0 Å². The first kappa shape index (κ1) is 11.5. The third kappa shape index (κ3) is 2.27. The van der Waals surface area contributed by atoms with E-state index >= 15 is 0 Å². The van der Waals surface area contributed by atoms with Crippen LogP contribution in [0.15, 0.2) is 12.7 Å². The molecule has 0 fully saturated rings. The summed E-state index contributed by atoms with van der Waals surface area (Å²) in [4.78, 5) is 11.4. The van der Waals surface area contributed by atoms with Gasteiger partial charge in [0.15, 0.2) is 5.41 Å². The van der Waals surface area contributed by atoms with Crippen molar-refractivity contribution in [2.45, 2.75) is 19.4 Å². The third-order valence-electron chi connectivity index (χ3n) is 1.80. The van der Waals surface area contributed by atoms with Crippen LogP contribution < -0.4 is 0 Å². The molecule has 0 amide bonds. The maximum absolute atomic E-state index is 11.4. The Kier molecular flexibility index (Phi) is 5.04. The van der Waals surface area contributed by atoms with Gasteiger partial charge in [-0.3, -0.25) is 4.79 Å². The first-order chi connectivity index (χ1) is 5.66. The molecule has 0 saturated carbocycles. The predicted octanol–water partition coefficient (Wildman–Crippen LogP) is 1.43. The second-order valence-electron chi connectivity index (χ2n) is 2.48. The molecule has 0 rings (SSSR count). The summed E-state index contributed by atoms with van der Waals surface area (Å²) in [7, 11) is 0.437. The second kappa shape index (κ2) is 5.24. The van der Waals surface area contributed by atoms with Crippen LogP contribution in [-0.2, 0) is 13.6 Å². The van der Waals surface area contributed by atoms with Crippen molar-refractivity contribution in [2.75, 3.05) is 14.2 Å². The fourth-order valence-electron chi connectivity index (χ4n) is 1.10. The normalized spacial score (nSPS) is 11.2. The van der Waals surface area contributed by atoms with Gasteiger partial charge in [-0.25, -0.2) is 0 Å². The van der Waals surface area contributed by atoms with Crippen molar-refractivity contribution in [1.29, 1.82) is 0 Å². The molecule has 0 aromatic heterocycles. The van der Waals surface area contributed by atoms with Crippen molar-refractivity contribution >= 4 is 14.0 Å². The lowest BCUT2D eigenvalue weighted by Gasteiger charge is -2.23. The van der Waals surface area contributed by atoms with Crippen molar-refractivity contribution in [2.24, 2.45) is 0 Å². The van der Waals surface area contributed by atoms with Crippen molar-refractivity contribution in [1.82, 2.24) is 0 Å². The average Bonchev–Trinajstić information content (AvgIpc) is 2.13. The Balaban J connectivity index is 4.55. The van der Waals surface area contributed by atoms with Gasteiger partial charge in [-0.05, 0) is 12.1 Å². The summed E-state index contributed by atoms with van der Waals surface area (Å²) in [6, 6.07) is 0.685. The average molecular weight is 188 g/mol. The van der Waals surface area contributed by atoms with Crippen LogP contribution in [0.1, 0.15) is 13.3 Å². The van der Waals surface area contributed by atoms with Gasteiger partial charge < -0.3 is 8.85 Å². The molecule has 0 aliphatic heterocycles. The van der Waals surface area contributed by atoms with E-state index in [0.29, 0.717) is 6.04 Å². The molecule has 0 aromatic carbocycles. The van der Waals surface area contributed by atoms with Gasteiger partial charge in [0.05, 0.1) is 0 Å². The summed E-state index contributed by atoms with van der Waals surface area (Å²) in [6.45, 7) is 5.43. The summed E-state index contributed by atoms with van der Waals surface area (Å²) in [5.41, 5.74) is 0. The molecule has 0 aromatic rings. The first-order valence-corrected chi connectivity index (χ1v) is 5.96. The van der Waals surface area contributed by atoms with E-state index in [1.807, 2.05) is 6.92 Å². The van der Waals surface area contributed by atoms with Crippen LogP contribution in [0.3, 0.4) is 0 Å². The lowest BCUT2D eigenvalue weighted by molar-refractivity contribution is -0.111. The number of carbonyl (C=O) groups excluding carboxylic acids is 1. The van der Waals surface area contributed by atoms with Crippen LogP contribution in [0.2, 0.25) is 6.04 Å². The van der Waals surface area contributed by atoms with Crippen LogP contribution in [-0.4, -0.2) is 28.2 Å². The SMILES string of the molecule is C=CC(=O)[Si](CCC)(OC)OC.